The topological polar surface area (TPSA) is 0 Å². The molecule has 2 unspecified atom stereocenters. The van der Waals surface area contributed by atoms with Crippen LogP contribution in [0.4, 0.5) is 0 Å². The molecule has 48 valence electrons. The van der Waals surface area contributed by atoms with Crippen molar-refractivity contribution in [1.82, 2.24) is 0 Å². The van der Waals surface area contributed by atoms with Gasteiger partial charge in [-0.1, -0.05) is 21.9 Å². The van der Waals surface area contributed by atoms with E-state index in [4.69, 9.17) is 24.4 Å². The fourth-order valence-electron chi connectivity index (χ4n) is 0.320. The third-order valence-electron chi connectivity index (χ3n) is 0.790. The van der Waals surface area contributed by atoms with Gasteiger partial charge in [0.2, 0.25) is 0 Å². The van der Waals surface area contributed by atoms with Crippen molar-refractivity contribution in [3.05, 3.63) is 0 Å². The van der Waals surface area contributed by atoms with E-state index in [0.29, 0.717) is 6.42 Å². The summed E-state index contributed by atoms with van der Waals surface area (Å²) in [6.07, 6.45) is 10.6. The molecule has 2 atom stereocenters. The number of hydrogen-bond donors (Lipinski definition) is 0. The molecule has 0 aliphatic heterocycles. The van der Waals surface area contributed by atoms with Gasteiger partial charge in [-0.3, -0.25) is 0 Å². The molecule has 0 N–H and O–H groups in total. The van der Waals surface area contributed by atoms with Crippen LogP contribution in [0.15, 0.2) is 0 Å². The summed E-state index contributed by atoms with van der Waals surface area (Å²) in [6, 6.07) is 0. The van der Waals surface area contributed by atoms with E-state index in [1.807, 2.05) is 0 Å². The van der Waals surface area contributed by atoms with Crippen molar-refractivity contribution in [1.29, 1.82) is 0 Å². The first-order valence-corrected chi connectivity index (χ1v) is 3.75. The molecule has 0 rings (SSSR count). The fraction of sp³-hybridized carbons (Fsp3) is 0.429. The first-order valence-electron chi connectivity index (χ1n) is 2.40. The first-order chi connectivity index (χ1) is 4.22. The van der Waals surface area contributed by atoms with Crippen molar-refractivity contribution < 1.29 is 0 Å². The molecular formula is C7H6BrCl. The van der Waals surface area contributed by atoms with Crippen molar-refractivity contribution in [2.75, 3.05) is 0 Å². The lowest BCUT2D eigenvalue weighted by Gasteiger charge is -2.05. The van der Waals surface area contributed by atoms with Gasteiger partial charge >= 0.3 is 0 Å². The van der Waals surface area contributed by atoms with Crippen molar-refractivity contribution in [2.24, 2.45) is 0 Å². The predicted molar refractivity (Wildman–Crippen MR) is 44.6 cm³/mol. The second kappa shape index (κ2) is 4.74. The summed E-state index contributed by atoms with van der Waals surface area (Å²) in [6.45, 7) is 0. The van der Waals surface area contributed by atoms with Gasteiger partial charge < -0.3 is 0 Å². The highest BCUT2D eigenvalue weighted by atomic mass is 79.9. The monoisotopic (exact) mass is 204 g/mol. The van der Waals surface area contributed by atoms with Gasteiger partial charge in [-0.05, 0) is 0 Å². The largest absolute Gasteiger partial charge is 0.120 e. The van der Waals surface area contributed by atoms with Crippen LogP contribution in [-0.2, 0) is 0 Å². The zero-order chi connectivity index (χ0) is 7.28. The van der Waals surface area contributed by atoms with Gasteiger partial charge in [0.25, 0.3) is 0 Å². The summed E-state index contributed by atoms with van der Waals surface area (Å²) in [4.78, 5) is -0.116. The zero-order valence-electron chi connectivity index (χ0n) is 4.77. The van der Waals surface area contributed by atoms with Crippen molar-refractivity contribution in [2.45, 2.75) is 16.6 Å². The molecule has 0 aromatic rings. The van der Waals surface area contributed by atoms with Crippen LogP contribution < -0.4 is 0 Å². The summed E-state index contributed by atoms with van der Waals surface area (Å²) in [5, 5.41) is -0.153. The maximum absolute atomic E-state index is 5.70. The molecule has 0 saturated carbocycles. The summed E-state index contributed by atoms with van der Waals surface area (Å²) in [5.41, 5.74) is 0. The third-order valence-corrected chi connectivity index (χ3v) is 2.40. The van der Waals surface area contributed by atoms with Crippen molar-refractivity contribution >= 4 is 27.5 Å². The van der Waals surface area contributed by atoms with Gasteiger partial charge in [0.05, 0.1) is 10.2 Å². The highest BCUT2D eigenvalue weighted by Gasteiger charge is 2.10. The highest BCUT2D eigenvalue weighted by molar-refractivity contribution is 9.09. The lowest BCUT2D eigenvalue weighted by Crippen LogP contribution is -2.10. The standard InChI is InChI=1S/C7H6BrCl/c1-3-5-7(9)6(8)4-2/h1-2,6-7H,5H2. The maximum atomic E-state index is 5.70. The molecule has 0 saturated heterocycles. The molecule has 0 aromatic carbocycles. The van der Waals surface area contributed by atoms with Crippen LogP contribution >= 0.6 is 27.5 Å². The van der Waals surface area contributed by atoms with Crippen LogP contribution in [-0.4, -0.2) is 10.2 Å². The van der Waals surface area contributed by atoms with Crippen molar-refractivity contribution in [3.8, 4) is 24.7 Å². The Morgan fingerprint density at radius 2 is 2.11 bits per heavy atom. The Morgan fingerprint density at radius 1 is 1.56 bits per heavy atom. The summed E-state index contributed by atoms with van der Waals surface area (Å²) < 4.78 is 0. The second-order valence-corrected chi connectivity index (χ2v) is 3.04. The molecule has 0 radical (unpaired) electrons. The minimum absolute atomic E-state index is 0.116. The molecule has 0 bridgehead atoms. The smallest absolute Gasteiger partial charge is 0.0924 e. The van der Waals surface area contributed by atoms with E-state index in [0.717, 1.165) is 0 Å². The number of halogens is 2. The first kappa shape index (κ1) is 8.89. The van der Waals surface area contributed by atoms with Crippen LogP contribution in [0.25, 0.3) is 0 Å². The molecule has 0 aliphatic carbocycles. The number of rotatable bonds is 2. The minimum atomic E-state index is -0.153. The zero-order valence-corrected chi connectivity index (χ0v) is 7.11. The van der Waals surface area contributed by atoms with Gasteiger partial charge in [-0.25, -0.2) is 0 Å². The van der Waals surface area contributed by atoms with Gasteiger partial charge in [0.15, 0.2) is 0 Å². The van der Waals surface area contributed by atoms with E-state index in [9.17, 15) is 0 Å². The lowest BCUT2D eigenvalue weighted by atomic mass is 10.2. The van der Waals surface area contributed by atoms with Crippen molar-refractivity contribution in [3.63, 3.8) is 0 Å². The number of hydrogen-bond acceptors (Lipinski definition) is 0. The Hall–Kier alpha value is -0.110. The molecule has 0 aromatic heterocycles. The predicted octanol–water partition coefficient (Wildman–Crippen LogP) is 2.01. The second-order valence-electron chi connectivity index (χ2n) is 1.49. The molecule has 0 fully saturated rings. The van der Waals surface area contributed by atoms with E-state index in [-0.39, 0.29) is 10.2 Å². The normalized spacial score (nSPS) is 15.1. The molecule has 0 amide bonds. The third kappa shape index (κ3) is 3.46. The summed E-state index contributed by atoms with van der Waals surface area (Å²) in [7, 11) is 0. The molecule has 0 aliphatic rings. The van der Waals surface area contributed by atoms with Gasteiger partial charge in [0, 0.05) is 6.42 Å². The van der Waals surface area contributed by atoms with Crippen LogP contribution in [0.3, 0.4) is 0 Å². The Labute approximate surface area is 69.1 Å². The quantitative estimate of drug-likeness (QED) is 0.478. The molecule has 0 nitrogen and oxygen atoms in total. The fourth-order valence-corrected chi connectivity index (χ4v) is 0.669. The molecular weight excluding hydrogens is 199 g/mol. The lowest BCUT2D eigenvalue weighted by molar-refractivity contribution is 0.941. The van der Waals surface area contributed by atoms with Crippen LogP contribution in [0.2, 0.25) is 0 Å². The summed E-state index contributed by atoms with van der Waals surface area (Å²) >= 11 is 8.88. The molecule has 0 spiro atoms. The van der Waals surface area contributed by atoms with E-state index in [1.165, 1.54) is 0 Å². The SMILES string of the molecule is C#CCC(Cl)C(Br)C#C. The van der Waals surface area contributed by atoms with Gasteiger partial charge in [0.1, 0.15) is 0 Å². The molecule has 0 heterocycles. The number of terminal acetylenes is 2. The maximum Gasteiger partial charge on any atom is 0.0924 e. The Balaban J connectivity index is 3.65. The molecule has 9 heavy (non-hydrogen) atoms. The Kier molecular flexibility index (Phi) is 4.68. The van der Waals surface area contributed by atoms with E-state index in [1.54, 1.807) is 0 Å². The average molecular weight is 205 g/mol. The summed E-state index contributed by atoms with van der Waals surface area (Å²) in [5.74, 6) is 4.86. The van der Waals surface area contributed by atoms with E-state index >= 15 is 0 Å². The van der Waals surface area contributed by atoms with Gasteiger partial charge in [-0.15, -0.1) is 30.4 Å². The minimum Gasteiger partial charge on any atom is -0.120 e. The van der Waals surface area contributed by atoms with E-state index in [2.05, 4.69) is 27.8 Å². The Bertz CT molecular complexity index is 151. The highest BCUT2D eigenvalue weighted by Crippen LogP contribution is 2.13. The van der Waals surface area contributed by atoms with Gasteiger partial charge in [-0.2, -0.15) is 0 Å². The van der Waals surface area contributed by atoms with E-state index < -0.39 is 0 Å². The number of alkyl halides is 2. The van der Waals surface area contributed by atoms with Crippen LogP contribution in [0.5, 0.6) is 0 Å². The Morgan fingerprint density at radius 3 is 2.44 bits per heavy atom. The van der Waals surface area contributed by atoms with Crippen LogP contribution in [0, 0.1) is 24.7 Å². The average Bonchev–Trinajstić information content (AvgIpc) is 1.87. The van der Waals surface area contributed by atoms with Crippen LogP contribution in [0.1, 0.15) is 6.42 Å². The molecule has 2 heteroatoms.